The Labute approximate surface area is 108 Å². The maximum absolute atomic E-state index is 11.8. The monoisotopic (exact) mass is 245 g/mol. The molecular weight excluding hydrogens is 226 g/mol. The summed E-state index contributed by atoms with van der Waals surface area (Å²) in [6, 6.07) is 8.08. The summed E-state index contributed by atoms with van der Waals surface area (Å²) in [7, 11) is 0. The van der Waals surface area contributed by atoms with Gasteiger partial charge in [0.15, 0.2) is 0 Å². The van der Waals surface area contributed by atoms with Crippen molar-refractivity contribution in [3.8, 4) is 5.75 Å². The van der Waals surface area contributed by atoms with E-state index in [1.165, 1.54) is 5.56 Å². The van der Waals surface area contributed by atoms with Gasteiger partial charge in [0.1, 0.15) is 5.75 Å². The number of fused-ring (bicyclic) bond motifs is 1. The van der Waals surface area contributed by atoms with Crippen molar-refractivity contribution in [2.45, 2.75) is 26.2 Å². The van der Waals surface area contributed by atoms with Crippen LogP contribution in [0.3, 0.4) is 0 Å². The van der Waals surface area contributed by atoms with Gasteiger partial charge < -0.3 is 10.1 Å². The molecule has 0 spiro atoms. The van der Waals surface area contributed by atoms with Gasteiger partial charge in [0, 0.05) is 6.54 Å². The number of carbonyl (C=O) groups is 1. The second-order valence-corrected chi connectivity index (χ2v) is 5.35. The molecule has 2 aliphatic carbocycles. The van der Waals surface area contributed by atoms with E-state index in [0.717, 1.165) is 37.5 Å². The minimum Gasteiger partial charge on any atom is -0.494 e. The topological polar surface area (TPSA) is 38.3 Å². The Hall–Kier alpha value is -1.51. The third-order valence-electron chi connectivity index (χ3n) is 4.04. The fourth-order valence-corrected chi connectivity index (χ4v) is 2.53. The van der Waals surface area contributed by atoms with Gasteiger partial charge >= 0.3 is 0 Å². The molecule has 0 atom stereocenters. The van der Waals surface area contributed by atoms with Gasteiger partial charge in [-0.3, -0.25) is 4.79 Å². The van der Waals surface area contributed by atoms with Gasteiger partial charge in [-0.1, -0.05) is 12.1 Å². The Bertz CT molecular complexity index is 463. The van der Waals surface area contributed by atoms with Gasteiger partial charge in [-0.05, 0) is 49.8 Å². The largest absolute Gasteiger partial charge is 0.494 e. The molecule has 0 bridgehead atoms. The number of benzene rings is 1. The van der Waals surface area contributed by atoms with Crippen molar-refractivity contribution in [2.75, 3.05) is 13.2 Å². The minimum absolute atomic E-state index is 0.0904. The zero-order chi connectivity index (χ0) is 12.6. The molecule has 1 amide bonds. The lowest BCUT2D eigenvalue weighted by molar-refractivity contribution is -0.124. The average molecular weight is 245 g/mol. The predicted molar refractivity (Wildman–Crippen MR) is 69.5 cm³/mol. The summed E-state index contributed by atoms with van der Waals surface area (Å²) in [6.45, 7) is 3.39. The smallest absolute Gasteiger partial charge is 0.226 e. The highest BCUT2D eigenvalue weighted by Crippen LogP contribution is 2.75. The zero-order valence-corrected chi connectivity index (χ0v) is 10.7. The summed E-state index contributed by atoms with van der Waals surface area (Å²) in [6.07, 6.45) is 3.12. The molecule has 1 aromatic carbocycles. The van der Waals surface area contributed by atoms with Crippen molar-refractivity contribution in [2.24, 2.45) is 11.3 Å². The van der Waals surface area contributed by atoms with Gasteiger partial charge in [0.2, 0.25) is 5.91 Å². The van der Waals surface area contributed by atoms with E-state index in [1.807, 2.05) is 25.1 Å². The molecule has 0 radical (unpaired) electrons. The molecule has 2 saturated carbocycles. The van der Waals surface area contributed by atoms with Crippen LogP contribution >= 0.6 is 0 Å². The number of rotatable bonds is 6. The number of hydrogen-bond acceptors (Lipinski definition) is 2. The van der Waals surface area contributed by atoms with Crippen molar-refractivity contribution >= 4 is 5.91 Å². The molecular formula is C15H19NO2. The van der Waals surface area contributed by atoms with Crippen molar-refractivity contribution in [3.63, 3.8) is 0 Å². The number of carbonyl (C=O) groups excluding carboxylic acids is 1. The van der Waals surface area contributed by atoms with E-state index in [2.05, 4.69) is 11.4 Å². The zero-order valence-electron chi connectivity index (χ0n) is 10.7. The van der Waals surface area contributed by atoms with Crippen LogP contribution in [0.1, 0.15) is 25.3 Å². The summed E-state index contributed by atoms with van der Waals surface area (Å²) in [5.41, 5.74) is 1.30. The number of ether oxygens (including phenoxy) is 1. The van der Waals surface area contributed by atoms with Crippen molar-refractivity contribution < 1.29 is 9.53 Å². The SMILES string of the molecule is CCOc1cccc(CCNC(=O)C23CC2C3)c1. The van der Waals surface area contributed by atoms with Gasteiger partial charge in [0.25, 0.3) is 0 Å². The highest BCUT2D eigenvalue weighted by molar-refractivity contribution is 5.89. The van der Waals surface area contributed by atoms with Crippen LogP contribution in [0.15, 0.2) is 24.3 Å². The van der Waals surface area contributed by atoms with Crippen molar-refractivity contribution in [3.05, 3.63) is 29.8 Å². The van der Waals surface area contributed by atoms with Gasteiger partial charge in [-0.15, -0.1) is 0 Å². The van der Waals surface area contributed by atoms with Crippen LogP contribution in [0.4, 0.5) is 0 Å². The van der Waals surface area contributed by atoms with Gasteiger partial charge in [0.05, 0.1) is 12.0 Å². The first kappa shape index (κ1) is 11.6. The molecule has 1 aromatic rings. The molecule has 3 nitrogen and oxygen atoms in total. The number of amides is 1. The summed E-state index contributed by atoms with van der Waals surface area (Å²) in [4.78, 5) is 11.8. The highest BCUT2D eigenvalue weighted by Gasteiger charge is 2.74. The molecule has 0 unspecified atom stereocenters. The minimum atomic E-state index is 0.0904. The molecule has 18 heavy (non-hydrogen) atoms. The molecule has 1 N–H and O–H groups in total. The molecule has 0 aromatic heterocycles. The number of nitrogens with one attached hydrogen (secondary N) is 1. The van der Waals surface area contributed by atoms with Crippen molar-refractivity contribution in [1.29, 1.82) is 0 Å². The summed E-state index contributed by atoms with van der Waals surface area (Å²) < 4.78 is 5.46. The Morgan fingerprint density at radius 2 is 2.28 bits per heavy atom. The quantitative estimate of drug-likeness (QED) is 0.834. The van der Waals surface area contributed by atoms with Crippen LogP contribution < -0.4 is 10.1 Å². The first-order valence-electron chi connectivity index (χ1n) is 6.74. The third kappa shape index (κ3) is 2.09. The van der Waals surface area contributed by atoms with E-state index < -0.39 is 0 Å². The molecule has 3 heteroatoms. The van der Waals surface area contributed by atoms with Gasteiger partial charge in [-0.25, -0.2) is 0 Å². The predicted octanol–water partition coefficient (Wildman–Crippen LogP) is 2.15. The van der Waals surface area contributed by atoms with Crippen LogP contribution in [0.25, 0.3) is 0 Å². The molecule has 0 aliphatic heterocycles. The summed E-state index contributed by atoms with van der Waals surface area (Å²) >= 11 is 0. The first-order chi connectivity index (χ1) is 8.74. The lowest BCUT2D eigenvalue weighted by Crippen LogP contribution is -2.29. The van der Waals surface area contributed by atoms with E-state index in [4.69, 9.17) is 4.74 Å². The second-order valence-electron chi connectivity index (χ2n) is 5.35. The van der Waals surface area contributed by atoms with E-state index in [-0.39, 0.29) is 11.3 Å². The van der Waals surface area contributed by atoms with Crippen LogP contribution in [0.5, 0.6) is 5.75 Å². The first-order valence-corrected chi connectivity index (χ1v) is 6.74. The molecule has 2 fully saturated rings. The highest BCUT2D eigenvalue weighted by atomic mass is 16.5. The molecule has 0 saturated heterocycles. The Balaban J connectivity index is 1.47. The van der Waals surface area contributed by atoms with E-state index in [9.17, 15) is 4.79 Å². The maximum atomic E-state index is 11.8. The Morgan fingerprint density at radius 1 is 1.50 bits per heavy atom. The Kier molecular flexibility index (Phi) is 2.77. The molecule has 96 valence electrons. The lowest BCUT2D eigenvalue weighted by Gasteiger charge is -2.08. The average Bonchev–Trinajstić information content (AvgIpc) is 3.18. The van der Waals surface area contributed by atoms with Crippen LogP contribution in [0, 0.1) is 11.3 Å². The van der Waals surface area contributed by atoms with E-state index in [0.29, 0.717) is 6.61 Å². The number of hydrogen-bond donors (Lipinski definition) is 1. The van der Waals surface area contributed by atoms with Crippen LogP contribution in [-0.4, -0.2) is 19.1 Å². The lowest BCUT2D eigenvalue weighted by atomic mass is 10.1. The summed E-state index contributed by atoms with van der Waals surface area (Å²) in [5, 5.41) is 3.05. The van der Waals surface area contributed by atoms with Crippen molar-refractivity contribution in [1.82, 2.24) is 5.32 Å². The molecule has 2 aliphatic rings. The molecule has 3 rings (SSSR count). The summed E-state index contributed by atoms with van der Waals surface area (Å²) in [5.74, 6) is 1.90. The standard InChI is InChI=1S/C15H19NO2/c1-2-18-13-5-3-4-11(8-13)6-7-16-14(17)15-9-12(15)10-15/h3-5,8,12H,2,6-7,9-10H2,1H3,(H,16,17). The van der Waals surface area contributed by atoms with Crippen LogP contribution in [-0.2, 0) is 11.2 Å². The maximum Gasteiger partial charge on any atom is 0.226 e. The Morgan fingerprint density at radius 3 is 2.94 bits per heavy atom. The molecule has 0 heterocycles. The van der Waals surface area contributed by atoms with Gasteiger partial charge in [-0.2, -0.15) is 0 Å². The normalized spacial score (nSPS) is 27.3. The third-order valence-corrected chi connectivity index (χ3v) is 4.04. The second kappa shape index (κ2) is 4.30. The van der Waals surface area contributed by atoms with E-state index in [1.54, 1.807) is 0 Å². The fraction of sp³-hybridized carbons (Fsp3) is 0.533. The fourth-order valence-electron chi connectivity index (χ4n) is 2.53. The van der Waals surface area contributed by atoms with Crippen LogP contribution in [0.2, 0.25) is 0 Å². The van der Waals surface area contributed by atoms with E-state index >= 15 is 0 Å².